The summed E-state index contributed by atoms with van der Waals surface area (Å²) in [6.07, 6.45) is 2.84. The van der Waals surface area contributed by atoms with Gasteiger partial charge in [0.15, 0.2) is 5.72 Å². The maximum atomic E-state index is 13.4. The molecule has 1 aliphatic rings. The first-order valence-corrected chi connectivity index (χ1v) is 12.3. The molecule has 0 spiro atoms. The average molecular weight is 472 g/mol. The summed E-state index contributed by atoms with van der Waals surface area (Å²) in [5, 5.41) is 14.3. The highest BCUT2D eigenvalue weighted by molar-refractivity contribution is 5.75. The van der Waals surface area contributed by atoms with Gasteiger partial charge in [-0.2, -0.15) is 0 Å². The predicted molar refractivity (Wildman–Crippen MR) is 137 cm³/mol. The lowest BCUT2D eigenvalue weighted by atomic mass is 9.96. The minimum atomic E-state index is -1.55. The zero-order valence-corrected chi connectivity index (χ0v) is 21.6. The molecule has 0 aliphatic carbocycles. The van der Waals surface area contributed by atoms with E-state index in [4.69, 9.17) is 0 Å². The van der Waals surface area contributed by atoms with E-state index in [1.165, 1.54) is 35.6 Å². The highest BCUT2D eigenvalue weighted by Gasteiger charge is 2.40. The van der Waals surface area contributed by atoms with Gasteiger partial charge in [0.25, 0.3) is 0 Å². The van der Waals surface area contributed by atoms with Crippen molar-refractivity contribution in [2.45, 2.75) is 72.2 Å². The summed E-state index contributed by atoms with van der Waals surface area (Å²) in [5.41, 5.74) is 1.09. The number of hydrogen-bond donors (Lipinski definition) is 2. The van der Waals surface area contributed by atoms with Crippen LogP contribution in [0.2, 0.25) is 0 Å². The molecule has 34 heavy (non-hydrogen) atoms. The lowest BCUT2D eigenvalue weighted by Crippen LogP contribution is -2.58. The lowest BCUT2D eigenvalue weighted by Gasteiger charge is -2.45. The molecule has 1 aliphatic heterocycles. The smallest absolute Gasteiger partial charge is 0.320 e. The van der Waals surface area contributed by atoms with Crippen LogP contribution in [0.4, 0.5) is 9.18 Å². The van der Waals surface area contributed by atoms with E-state index in [1.807, 2.05) is 31.2 Å². The van der Waals surface area contributed by atoms with Crippen LogP contribution in [0.5, 0.6) is 0 Å². The number of benzene rings is 2. The van der Waals surface area contributed by atoms with Gasteiger partial charge in [0.1, 0.15) is 5.82 Å². The van der Waals surface area contributed by atoms with Crippen molar-refractivity contribution in [1.82, 2.24) is 15.1 Å². The van der Waals surface area contributed by atoms with E-state index >= 15 is 0 Å². The monoisotopic (exact) mass is 471 g/mol. The van der Waals surface area contributed by atoms with Crippen molar-refractivity contribution in [2.24, 2.45) is 5.92 Å². The number of rotatable bonds is 6. The molecule has 1 saturated heterocycles. The maximum Gasteiger partial charge on any atom is 0.320 e. The third-order valence-corrected chi connectivity index (χ3v) is 6.51. The summed E-state index contributed by atoms with van der Waals surface area (Å²) >= 11 is 0. The molecule has 0 aromatic heterocycles. The Morgan fingerprint density at radius 3 is 2.18 bits per heavy atom. The van der Waals surface area contributed by atoms with E-state index in [0.29, 0.717) is 12.1 Å². The SMILES string of the molecule is CCC(C)C.Cc1ccc(CNC(=O)N(C2CCN(C)CC2)C(C)(O)c2ccc(F)cc2)cc1. The molecular weight excluding hydrogens is 429 g/mol. The fourth-order valence-corrected chi connectivity index (χ4v) is 3.85. The van der Waals surface area contributed by atoms with Crippen LogP contribution in [0.1, 0.15) is 63.6 Å². The Kier molecular flexibility index (Phi) is 10.5. The molecule has 3 rings (SSSR count). The number of urea groups is 1. The van der Waals surface area contributed by atoms with Crippen LogP contribution in [0.25, 0.3) is 0 Å². The van der Waals surface area contributed by atoms with Gasteiger partial charge in [-0.15, -0.1) is 0 Å². The van der Waals surface area contributed by atoms with E-state index in [9.17, 15) is 14.3 Å². The largest absolute Gasteiger partial charge is 0.367 e. The number of amides is 2. The van der Waals surface area contributed by atoms with Gasteiger partial charge >= 0.3 is 6.03 Å². The second kappa shape index (κ2) is 12.9. The van der Waals surface area contributed by atoms with Crippen LogP contribution in [0, 0.1) is 18.7 Å². The Balaban J connectivity index is 0.000000739. The summed E-state index contributed by atoms with van der Waals surface area (Å²) in [6, 6.07) is 13.2. The summed E-state index contributed by atoms with van der Waals surface area (Å²) in [4.78, 5) is 17.0. The van der Waals surface area contributed by atoms with Crippen molar-refractivity contribution in [3.8, 4) is 0 Å². The Morgan fingerprint density at radius 2 is 1.68 bits per heavy atom. The number of nitrogens with zero attached hydrogens (tertiary/aromatic N) is 2. The topological polar surface area (TPSA) is 55.8 Å². The molecule has 2 N–H and O–H groups in total. The Hall–Kier alpha value is -2.44. The Labute approximate surface area is 205 Å². The Morgan fingerprint density at radius 1 is 1.15 bits per heavy atom. The van der Waals surface area contributed by atoms with Gasteiger partial charge in [-0.1, -0.05) is 69.2 Å². The molecule has 1 fully saturated rings. The molecule has 1 atom stereocenters. The number of piperidine rings is 1. The molecular formula is C28H42FN3O2. The summed E-state index contributed by atoms with van der Waals surface area (Å²) in [5.74, 6) is 0.509. The van der Waals surface area contributed by atoms with Gasteiger partial charge in [-0.3, -0.25) is 4.90 Å². The first kappa shape index (κ1) is 27.8. The van der Waals surface area contributed by atoms with Crippen LogP contribution in [-0.4, -0.2) is 47.1 Å². The van der Waals surface area contributed by atoms with E-state index in [2.05, 4.69) is 38.0 Å². The number of likely N-dealkylation sites (tertiary alicyclic amines) is 1. The van der Waals surface area contributed by atoms with Crippen LogP contribution >= 0.6 is 0 Å². The molecule has 0 radical (unpaired) electrons. The summed E-state index contributed by atoms with van der Waals surface area (Å²) in [7, 11) is 2.05. The van der Waals surface area contributed by atoms with Crippen molar-refractivity contribution >= 4 is 6.03 Å². The fraction of sp³-hybridized carbons (Fsp3) is 0.536. The molecule has 0 bridgehead atoms. The highest BCUT2D eigenvalue weighted by atomic mass is 19.1. The van der Waals surface area contributed by atoms with Crippen molar-refractivity contribution in [3.05, 3.63) is 71.0 Å². The number of halogens is 1. The minimum absolute atomic E-state index is 0.107. The first-order valence-electron chi connectivity index (χ1n) is 12.3. The standard InChI is InChI=1S/C23H30FN3O2.C5H12/c1-17-4-6-18(7-5-17)16-25-22(28)27(21-12-14-26(3)15-13-21)23(2,29)19-8-10-20(24)11-9-19;1-4-5(2)3/h4-11,21,29H,12-16H2,1-3H3,(H,25,28);5H,4H2,1-3H3. The molecule has 188 valence electrons. The van der Waals surface area contributed by atoms with Crippen LogP contribution < -0.4 is 5.32 Å². The summed E-state index contributed by atoms with van der Waals surface area (Å²) < 4.78 is 13.4. The molecule has 2 aromatic rings. The van der Waals surface area contributed by atoms with E-state index in [0.717, 1.165) is 43.0 Å². The molecule has 1 unspecified atom stereocenters. The van der Waals surface area contributed by atoms with Gasteiger partial charge in [0.2, 0.25) is 0 Å². The van der Waals surface area contributed by atoms with Crippen LogP contribution in [-0.2, 0) is 12.3 Å². The number of nitrogens with one attached hydrogen (secondary N) is 1. The molecule has 6 heteroatoms. The van der Waals surface area contributed by atoms with E-state index < -0.39 is 5.72 Å². The third-order valence-electron chi connectivity index (χ3n) is 6.51. The number of carbonyl (C=O) groups excluding carboxylic acids is 1. The first-order chi connectivity index (χ1) is 16.0. The summed E-state index contributed by atoms with van der Waals surface area (Å²) in [6.45, 7) is 12.3. The van der Waals surface area contributed by atoms with Crippen LogP contribution in [0.3, 0.4) is 0 Å². The van der Waals surface area contributed by atoms with Gasteiger partial charge in [-0.05, 0) is 70.4 Å². The lowest BCUT2D eigenvalue weighted by molar-refractivity contribution is -0.100. The zero-order chi connectivity index (χ0) is 25.3. The molecule has 2 amide bonds. The molecule has 0 saturated carbocycles. The van der Waals surface area contributed by atoms with E-state index in [1.54, 1.807) is 6.92 Å². The Bertz CT molecular complexity index is 874. The molecule has 1 heterocycles. The van der Waals surface area contributed by atoms with Crippen LogP contribution in [0.15, 0.2) is 48.5 Å². The minimum Gasteiger partial charge on any atom is -0.367 e. The third kappa shape index (κ3) is 8.10. The van der Waals surface area contributed by atoms with Gasteiger partial charge < -0.3 is 15.3 Å². The second-order valence-corrected chi connectivity index (χ2v) is 9.88. The van der Waals surface area contributed by atoms with Gasteiger partial charge in [0, 0.05) is 18.2 Å². The normalized spacial score (nSPS) is 16.4. The van der Waals surface area contributed by atoms with Crippen molar-refractivity contribution in [2.75, 3.05) is 20.1 Å². The predicted octanol–water partition coefficient (Wildman–Crippen LogP) is 5.66. The van der Waals surface area contributed by atoms with Crippen molar-refractivity contribution in [3.63, 3.8) is 0 Å². The van der Waals surface area contributed by atoms with Gasteiger partial charge in [0.05, 0.1) is 0 Å². The van der Waals surface area contributed by atoms with Gasteiger partial charge in [-0.25, -0.2) is 9.18 Å². The average Bonchev–Trinajstić information content (AvgIpc) is 2.80. The number of carbonyl (C=O) groups is 1. The molecule has 2 aromatic carbocycles. The molecule has 5 nitrogen and oxygen atoms in total. The second-order valence-electron chi connectivity index (χ2n) is 9.88. The zero-order valence-electron chi connectivity index (χ0n) is 21.6. The quantitative estimate of drug-likeness (QED) is 0.535. The van der Waals surface area contributed by atoms with Crippen molar-refractivity contribution in [1.29, 1.82) is 0 Å². The van der Waals surface area contributed by atoms with E-state index in [-0.39, 0.29) is 17.9 Å². The highest BCUT2D eigenvalue weighted by Crippen LogP contribution is 2.31. The maximum absolute atomic E-state index is 13.4. The number of aryl methyl sites for hydroxylation is 1. The number of aliphatic hydroxyl groups is 1. The van der Waals surface area contributed by atoms with Crippen molar-refractivity contribution < 1.29 is 14.3 Å². The number of hydrogen-bond acceptors (Lipinski definition) is 3. The fourth-order valence-electron chi connectivity index (χ4n) is 3.85.